The summed E-state index contributed by atoms with van der Waals surface area (Å²) < 4.78 is 20.2. The van der Waals surface area contributed by atoms with Crippen molar-refractivity contribution in [3.8, 4) is 0 Å². The van der Waals surface area contributed by atoms with Crippen LogP contribution in [0.4, 0.5) is 10.1 Å². The number of methoxy groups -OCH3 is 1. The minimum absolute atomic E-state index is 0.0269. The Morgan fingerprint density at radius 2 is 1.90 bits per heavy atom. The average molecular weight is 591 g/mol. The van der Waals surface area contributed by atoms with Crippen molar-refractivity contribution in [2.45, 2.75) is 50.4 Å². The van der Waals surface area contributed by atoms with E-state index < -0.39 is 18.0 Å². The van der Waals surface area contributed by atoms with Gasteiger partial charge in [0.2, 0.25) is 6.10 Å². The molecule has 218 valence electrons. The summed E-state index contributed by atoms with van der Waals surface area (Å²) in [5, 5.41) is 4.01. The second-order valence-electron chi connectivity index (χ2n) is 10.9. The van der Waals surface area contributed by atoms with Gasteiger partial charge in [0, 0.05) is 63.2 Å². The van der Waals surface area contributed by atoms with E-state index in [2.05, 4.69) is 21.1 Å². The molecule has 0 unspecified atom stereocenters. The van der Waals surface area contributed by atoms with E-state index in [1.165, 1.54) is 6.07 Å². The number of oxime groups is 1. The summed E-state index contributed by atoms with van der Waals surface area (Å²) in [4.78, 5) is 41.7. The number of hydrogen-bond donors (Lipinski definition) is 0. The quantitative estimate of drug-likeness (QED) is 0.388. The summed E-state index contributed by atoms with van der Waals surface area (Å²) >= 11 is 5.97. The number of hydrogen-bond acceptors (Lipinski definition) is 7. The number of piperidine rings is 1. The highest BCUT2D eigenvalue weighted by molar-refractivity contribution is 6.31. The molecule has 0 radical (unpaired) electrons. The fourth-order valence-electron chi connectivity index (χ4n) is 6.24. The fourth-order valence-corrected chi connectivity index (χ4v) is 6.42. The van der Waals surface area contributed by atoms with Crippen LogP contribution in [0.3, 0.4) is 0 Å². The molecule has 1 fully saturated rings. The first-order valence-electron chi connectivity index (χ1n) is 14.2. The Bertz CT molecular complexity index is 1510. The summed E-state index contributed by atoms with van der Waals surface area (Å²) in [6, 6.07) is 13.5. The zero-order chi connectivity index (χ0) is 29.2. The monoisotopic (exact) mass is 590 g/mol. The van der Waals surface area contributed by atoms with E-state index in [4.69, 9.17) is 21.2 Å². The van der Waals surface area contributed by atoms with Crippen LogP contribution in [-0.4, -0.2) is 66.2 Å². The maximum atomic E-state index is 14.7. The van der Waals surface area contributed by atoms with Crippen LogP contribution < -0.4 is 4.90 Å². The van der Waals surface area contributed by atoms with Crippen LogP contribution in [0, 0.1) is 5.82 Å². The molecule has 10 heteroatoms. The number of carbonyl (C=O) groups is 2. The van der Waals surface area contributed by atoms with E-state index in [1.807, 2.05) is 18.2 Å². The minimum Gasteiger partial charge on any atom is -0.382 e. The number of ketones is 1. The van der Waals surface area contributed by atoms with Crippen molar-refractivity contribution in [1.29, 1.82) is 0 Å². The van der Waals surface area contributed by atoms with Crippen LogP contribution in [0.1, 0.15) is 47.6 Å². The number of aromatic nitrogens is 1. The number of pyridine rings is 1. The Labute approximate surface area is 249 Å². The molecule has 0 saturated carbocycles. The zero-order valence-corrected chi connectivity index (χ0v) is 24.1. The SMILES string of the molecule is COC1CCN(c2cccc3c2CCN(C(=O)[C@H]2CC(c4cccc(Cl)c4F)=NO2)[C@@H]3C(=O)Cc2cccnc2)CC1. The molecule has 1 aromatic heterocycles. The third-order valence-corrected chi connectivity index (χ3v) is 8.70. The highest BCUT2D eigenvalue weighted by Crippen LogP contribution is 2.39. The molecule has 1 saturated heterocycles. The third-order valence-electron chi connectivity index (χ3n) is 8.41. The van der Waals surface area contributed by atoms with E-state index in [-0.39, 0.29) is 41.2 Å². The smallest absolute Gasteiger partial charge is 0.267 e. The molecule has 0 spiro atoms. The molecule has 2 aromatic carbocycles. The number of anilines is 1. The molecular weight excluding hydrogens is 559 g/mol. The first kappa shape index (κ1) is 28.3. The molecule has 8 nitrogen and oxygen atoms in total. The molecule has 0 bridgehead atoms. The lowest BCUT2D eigenvalue weighted by Gasteiger charge is -2.40. The van der Waals surface area contributed by atoms with E-state index in [9.17, 15) is 14.0 Å². The highest BCUT2D eigenvalue weighted by Gasteiger charge is 2.42. The number of nitrogens with zero attached hydrogens (tertiary/aromatic N) is 4. The lowest BCUT2D eigenvalue weighted by molar-refractivity contribution is -0.149. The summed E-state index contributed by atoms with van der Waals surface area (Å²) in [7, 11) is 1.75. The Hall–Kier alpha value is -3.82. The van der Waals surface area contributed by atoms with E-state index in [0.717, 1.165) is 48.3 Å². The second-order valence-corrected chi connectivity index (χ2v) is 11.3. The molecule has 3 aliphatic heterocycles. The predicted octanol–water partition coefficient (Wildman–Crippen LogP) is 4.92. The van der Waals surface area contributed by atoms with Crippen LogP contribution >= 0.6 is 11.6 Å². The van der Waals surface area contributed by atoms with Crippen molar-refractivity contribution < 1.29 is 23.6 Å². The maximum Gasteiger partial charge on any atom is 0.267 e. The first-order valence-corrected chi connectivity index (χ1v) is 14.6. The topological polar surface area (TPSA) is 84.3 Å². The van der Waals surface area contributed by atoms with Crippen LogP contribution in [0.25, 0.3) is 0 Å². The van der Waals surface area contributed by atoms with Crippen molar-refractivity contribution >= 4 is 34.7 Å². The van der Waals surface area contributed by atoms with Crippen LogP contribution in [-0.2, 0) is 32.0 Å². The van der Waals surface area contributed by atoms with Gasteiger partial charge in [0.15, 0.2) is 11.6 Å². The molecular formula is C32H32ClFN4O4. The molecule has 2 atom stereocenters. The lowest BCUT2D eigenvalue weighted by Crippen LogP contribution is -2.48. The van der Waals surface area contributed by atoms with Crippen molar-refractivity contribution in [3.63, 3.8) is 0 Å². The highest BCUT2D eigenvalue weighted by atomic mass is 35.5. The van der Waals surface area contributed by atoms with Gasteiger partial charge in [-0.2, -0.15) is 0 Å². The van der Waals surface area contributed by atoms with E-state index >= 15 is 0 Å². The zero-order valence-electron chi connectivity index (χ0n) is 23.3. The van der Waals surface area contributed by atoms with E-state index in [1.54, 1.807) is 42.6 Å². The molecule has 0 N–H and O–H groups in total. The molecule has 42 heavy (non-hydrogen) atoms. The van der Waals surface area contributed by atoms with Gasteiger partial charge >= 0.3 is 0 Å². The van der Waals surface area contributed by atoms with Crippen LogP contribution in [0.5, 0.6) is 0 Å². The van der Waals surface area contributed by atoms with Gasteiger partial charge in [-0.15, -0.1) is 0 Å². The lowest BCUT2D eigenvalue weighted by atomic mass is 9.86. The Morgan fingerprint density at radius 1 is 1.10 bits per heavy atom. The van der Waals surface area contributed by atoms with Crippen molar-refractivity contribution in [2.24, 2.45) is 5.16 Å². The van der Waals surface area contributed by atoms with Gasteiger partial charge in [0.05, 0.1) is 16.8 Å². The summed E-state index contributed by atoms with van der Waals surface area (Å²) in [6.45, 7) is 2.07. The standard InChI is InChI=1S/C32H32ClFN4O4/c1-41-21-10-14-37(15-11-21)27-9-3-6-23-22(27)12-16-38(31(23)28(39)17-20-5-4-13-35-19-20)32(40)29-18-26(36-42-29)24-7-2-8-25(33)30(24)34/h2-9,13,19,21,29,31H,10-12,14-18H2,1H3/t29-,31+/m1/s1. The molecule has 0 aliphatic carbocycles. The number of halogens is 2. The van der Waals surface area contributed by atoms with Gasteiger partial charge in [-0.05, 0) is 60.2 Å². The second kappa shape index (κ2) is 12.2. The molecule has 1 amide bonds. The minimum atomic E-state index is -0.968. The molecule has 4 heterocycles. The number of fused-ring (bicyclic) bond motifs is 1. The summed E-state index contributed by atoms with van der Waals surface area (Å²) in [6.07, 6.45) is 5.29. The summed E-state index contributed by atoms with van der Waals surface area (Å²) in [5.41, 5.74) is 4.31. The summed E-state index contributed by atoms with van der Waals surface area (Å²) in [5.74, 6) is -1.06. The third kappa shape index (κ3) is 5.51. The largest absolute Gasteiger partial charge is 0.382 e. The first-order chi connectivity index (χ1) is 20.4. The number of Topliss-reactive ketones (excluding diaryl/α,β-unsaturated/α-hetero) is 1. The van der Waals surface area contributed by atoms with Crippen LogP contribution in [0.2, 0.25) is 5.02 Å². The van der Waals surface area contributed by atoms with Gasteiger partial charge in [0.25, 0.3) is 5.91 Å². The van der Waals surface area contributed by atoms with Gasteiger partial charge in [-0.1, -0.05) is 41.0 Å². The molecule has 6 rings (SSSR count). The van der Waals surface area contributed by atoms with Gasteiger partial charge in [-0.3, -0.25) is 14.6 Å². The van der Waals surface area contributed by atoms with Gasteiger partial charge in [0.1, 0.15) is 6.04 Å². The van der Waals surface area contributed by atoms with Crippen molar-refractivity contribution in [1.82, 2.24) is 9.88 Å². The number of carbonyl (C=O) groups excluding carboxylic acids is 2. The number of ether oxygens (including phenoxy) is 1. The Kier molecular flexibility index (Phi) is 8.22. The predicted molar refractivity (Wildman–Crippen MR) is 157 cm³/mol. The maximum absolute atomic E-state index is 14.7. The van der Waals surface area contributed by atoms with Crippen molar-refractivity contribution in [3.05, 3.63) is 94.0 Å². The van der Waals surface area contributed by atoms with E-state index in [0.29, 0.717) is 18.7 Å². The molecule has 3 aromatic rings. The number of rotatable bonds is 7. The average Bonchev–Trinajstić information content (AvgIpc) is 3.52. The number of benzene rings is 2. The molecule has 3 aliphatic rings. The Morgan fingerprint density at radius 3 is 2.67 bits per heavy atom. The Balaban J connectivity index is 1.29. The number of amides is 1. The van der Waals surface area contributed by atoms with Gasteiger partial charge < -0.3 is 19.4 Å². The van der Waals surface area contributed by atoms with Crippen molar-refractivity contribution in [2.75, 3.05) is 31.6 Å². The fraction of sp³-hybridized carbons (Fsp3) is 0.375. The van der Waals surface area contributed by atoms with Crippen LogP contribution in [0.15, 0.2) is 66.1 Å². The van der Waals surface area contributed by atoms with Gasteiger partial charge in [-0.25, -0.2) is 4.39 Å². The normalized spacial score (nSPS) is 20.6.